The number of carbonyl (C=O) groups is 2. The van der Waals surface area contributed by atoms with E-state index in [2.05, 4.69) is 19.2 Å². The normalized spacial score (nSPS) is 12.0. The zero-order chi connectivity index (χ0) is 19.1. The van der Waals surface area contributed by atoms with Gasteiger partial charge in [0.1, 0.15) is 0 Å². The molecule has 0 spiro atoms. The van der Waals surface area contributed by atoms with E-state index in [9.17, 15) is 9.59 Å². The van der Waals surface area contributed by atoms with Crippen molar-refractivity contribution in [2.24, 2.45) is 5.92 Å². The Kier molecular flexibility index (Phi) is 7.94. The van der Waals surface area contributed by atoms with Gasteiger partial charge in [-0.1, -0.05) is 27.7 Å². The van der Waals surface area contributed by atoms with Crippen molar-refractivity contribution in [3.05, 3.63) is 23.8 Å². The average Bonchev–Trinajstić information content (AvgIpc) is 2.57. The lowest BCUT2D eigenvalue weighted by Gasteiger charge is -2.32. The molecule has 0 fully saturated rings. The highest BCUT2D eigenvalue weighted by atomic mass is 16.2. The number of rotatable bonds is 8. The zero-order valence-corrected chi connectivity index (χ0v) is 16.7. The fraction of sp³-hybridized carbons (Fsp3) is 0.600. The number of carbonyl (C=O) groups excluding carboxylic acids is 2. The Bertz CT molecular complexity index is 597. The molecule has 1 unspecified atom stereocenters. The number of hydrogen-bond donors (Lipinski definition) is 1. The number of benzene rings is 1. The van der Waals surface area contributed by atoms with E-state index in [4.69, 9.17) is 0 Å². The molecule has 0 aliphatic carbocycles. The summed E-state index contributed by atoms with van der Waals surface area (Å²) in [6, 6.07) is 6.05. The highest BCUT2D eigenvalue weighted by molar-refractivity contribution is 5.91. The minimum atomic E-state index is -0.0419. The molecule has 0 aromatic heterocycles. The third-order valence-electron chi connectivity index (χ3n) is 4.41. The molecule has 1 atom stereocenters. The van der Waals surface area contributed by atoms with Crippen LogP contribution in [0.4, 0.5) is 11.4 Å². The average molecular weight is 348 g/mol. The minimum Gasteiger partial charge on any atom is -0.377 e. The molecule has 140 valence electrons. The van der Waals surface area contributed by atoms with Crippen LogP contribution in [0.25, 0.3) is 0 Å². The van der Waals surface area contributed by atoms with Crippen molar-refractivity contribution in [3.8, 4) is 0 Å². The number of nitrogens with one attached hydrogen (secondary N) is 1. The van der Waals surface area contributed by atoms with E-state index < -0.39 is 0 Å². The fourth-order valence-corrected chi connectivity index (χ4v) is 2.66. The summed E-state index contributed by atoms with van der Waals surface area (Å²) in [6.45, 7) is 10.4. The van der Waals surface area contributed by atoms with Crippen LogP contribution in [0.15, 0.2) is 18.2 Å². The second kappa shape index (κ2) is 9.44. The molecule has 0 aliphatic rings. The summed E-state index contributed by atoms with van der Waals surface area (Å²) >= 11 is 0. The Morgan fingerprint density at radius 1 is 1.12 bits per heavy atom. The minimum absolute atomic E-state index is 0.0133. The quantitative estimate of drug-likeness (QED) is 0.776. The Balaban J connectivity index is 3.22. The standard InChI is InChI=1S/C20H33N3O2/c1-8-15(5)23(20(25)14(3)4)13-16-12-17(21-19(24)9-2)10-11-18(16)22(6)7/h10-12,14-15H,8-9,13H2,1-7H3,(H,21,24). The Hall–Kier alpha value is -2.04. The van der Waals surface area contributed by atoms with Gasteiger partial charge in [-0.25, -0.2) is 0 Å². The SMILES string of the molecule is CCC(=O)Nc1ccc(N(C)C)c(CN(C(=O)C(C)C)C(C)CC)c1. The Labute approximate surface area is 152 Å². The summed E-state index contributed by atoms with van der Waals surface area (Å²) in [6.07, 6.45) is 1.34. The number of nitrogens with zero attached hydrogens (tertiary/aromatic N) is 2. The molecule has 5 heteroatoms. The van der Waals surface area contributed by atoms with E-state index in [0.717, 1.165) is 23.4 Å². The molecule has 0 aliphatic heterocycles. The van der Waals surface area contributed by atoms with Crippen molar-refractivity contribution in [2.75, 3.05) is 24.3 Å². The molecule has 1 rings (SSSR count). The van der Waals surface area contributed by atoms with E-state index in [1.54, 1.807) is 0 Å². The summed E-state index contributed by atoms with van der Waals surface area (Å²) in [5.41, 5.74) is 2.86. The largest absolute Gasteiger partial charge is 0.377 e. The predicted octanol–water partition coefficient (Wildman–Crippen LogP) is 3.88. The van der Waals surface area contributed by atoms with Crippen molar-refractivity contribution in [1.82, 2.24) is 4.90 Å². The monoisotopic (exact) mass is 347 g/mol. The Morgan fingerprint density at radius 3 is 2.24 bits per heavy atom. The van der Waals surface area contributed by atoms with Crippen LogP contribution in [0.3, 0.4) is 0 Å². The molecule has 5 nitrogen and oxygen atoms in total. The van der Waals surface area contributed by atoms with Crippen LogP contribution < -0.4 is 10.2 Å². The molecule has 0 bridgehead atoms. The smallest absolute Gasteiger partial charge is 0.225 e. The van der Waals surface area contributed by atoms with E-state index >= 15 is 0 Å². The van der Waals surface area contributed by atoms with E-state index in [1.807, 2.05) is 62.9 Å². The topological polar surface area (TPSA) is 52.7 Å². The molecule has 0 heterocycles. The van der Waals surface area contributed by atoms with Crippen molar-refractivity contribution in [3.63, 3.8) is 0 Å². The molecule has 0 radical (unpaired) electrons. The van der Waals surface area contributed by atoms with Gasteiger partial charge in [-0.15, -0.1) is 0 Å². The first-order valence-corrected chi connectivity index (χ1v) is 9.11. The summed E-state index contributed by atoms with van der Waals surface area (Å²) in [5, 5.41) is 2.91. The van der Waals surface area contributed by atoms with Crippen molar-refractivity contribution < 1.29 is 9.59 Å². The van der Waals surface area contributed by atoms with Crippen LogP contribution in [-0.2, 0) is 16.1 Å². The van der Waals surface area contributed by atoms with E-state index in [1.165, 1.54) is 0 Å². The lowest BCUT2D eigenvalue weighted by molar-refractivity contribution is -0.137. The molecule has 0 saturated carbocycles. The van der Waals surface area contributed by atoms with Gasteiger partial charge >= 0.3 is 0 Å². The van der Waals surface area contributed by atoms with E-state index in [-0.39, 0.29) is 23.8 Å². The maximum atomic E-state index is 12.7. The maximum absolute atomic E-state index is 12.7. The molecule has 0 saturated heterocycles. The van der Waals surface area contributed by atoms with E-state index in [0.29, 0.717) is 13.0 Å². The summed E-state index contributed by atoms with van der Waals surface area (Å²) in [7, 11) is 3.97. The number of anilines is 2. The molecule has 1 N–H and O–H groups in total. The van der Waals surface area contributed by atoms with Crippen molar-refractivity contribution in [1.29, 1.82) is 0 Å². The summed E-state index contributed by atoms with van der Waals surface area (Å²) in [4.78, 5) is 28.4. The Morgan fingerprint density at radius 2 is 1.76 bits per heavy atom. The van der Waals surface area contributed by atoms with Crippen LogP contribution >= 0.6 is 0 Å². The van der Waals surface area contributed by atoms with Gasteiger partial charge in [0.25, 0.3) is 0 Å². The molecular weight excluding hydrogens is 314 g/mol. The second-order valence-corrected chi connectivity index (χ2v) is 7.02. The first-order chi connectivity index (χ1) is 11.7. The first-order valence-electron chi connectivity index (χ1n) is 9.11. The van der Waals surface area contributed by atoms with Crippen molar-refractivity contribution >= 4 is 23.2 Å². The molecule has 1 aromatic rings. The third-order valence-corrected chi connectivity index (χ3v) is 4.41. The molecular formula is C20H33N3O2. The molecule has 1 aromatic carbocycles. The van der Waals surface area contributed by atoms with Gasteiger partial charge in [0, 0.05) is 50.4 Å². The van der Waals surface area contributed by atoms with Crippen LogP contribution in [0.2, 0.25) is 0 Å². The highest BCUT2D eigenvalue weighted by Crippen LogP contribution is 2.26. The van der Waals surface area contributed by atoms with Gasteiger partial charge in [0.2, 0.25) is 11.8 Å². The van der Waals surface area contributed by atoms with Gasteiger partial charge in [0.15, 0.2) is 0 Å². The number of amides is 2. The van der Waals surface area contributed by atoms with Crippen LogP contribution in [0.1, 0.15) is 53.0 Å². The maximum Gasteiger partial charge on any atom is 0.225 e. The lowest BCUT2D eigenvalue weighted by atomic mass is 10.1. The molecule has 2 amide bonds. The lowest BCUT2D eigenvalue weighted by Crippen LogP contribution is -2.40. The summed E-state index contributed by atoms with van der Waals surface area (Å²) in [5.74, 6) is 0.0995. The third kappa shape index (κ3) is 5.76. The second-order valence-electron chi connectivity index (χ2n) is 7.02. The zero-order valence-electron chi connectivity index (χ0n) is 16.7. The van der Waals surface area contributed by atoms with Crippen LogP contribution in [-0.4, -0.2) is 36.9 Å². The van der Waals surface area contributed by atoms with Gasteiger partial charge in [-0.3, -0.25) is 9.59 Å². The molecule has 25 heavy (non-hydrogen) atoms. The summed E-state index contributed by atoms with van der Waals surface area (Å²) < 4.78 is 0. The van der Waals surface area contributed by atoms with Gasteiger partial charge in [0.05, 0.1) is 0 Å². The number of hydrogen-bond acceptors (Lipinski definition) is 3. The van der Waals surface area contributed by atoms with Gasteiger partial charge in [-0.2, -0.15) is 0 Å². The van der Waals surface area contributed by atoms with Crippen molar-refractivity contribution in [2.45, 2.75) is 60.0 Å². The van der Waals surface area contributed by atoms with Gasteiger partial charge in [-0.05, 0) is 37.1 Å². The van der Waals surface area contributed by atoms with Gasteiger partial charge < -0.3 is 15.1 Å². The fourth-order valence-electron chi connectivity index (χ4n) is 2.66. The van der Waals surface area contributed by atoms with Crippen LogP contribution in [0.5, 0.6) is 0 Å². The predicted molar refractivity (Wildman–Crippen MR) is 105 cm³/mol. The van der Waals surface area contributed by atoms with Crippen LogP contribution in [0, 0.1) is 5.92 Å². The highest BCUT2D eigenvalue weighted by Gasteiger charge is 2.23. The first kappa shape index (κ1) is 21.0.